The van der Waals surface area contributed by atoms with E-state index in [2.05, 4.69) is 6.07 Å². The van der Waals surface area contributed by atoms with Crippen molar-refractivity contribution in [3.8, 4) is 5.75 Å². The second-order valence-corrected chi connectivity index (χ2v) is 6.80. The van der Waals surface area contributed by atoms with Gasteiger partial charge in [-0.25, -0.2) is 9.59 Å². The highest BCUT2D eigenvalue weighted by Crippen LogP contribution is 2.29. The van der Waals surface area contributed by atoms with Gasteiger partial charge in [-0.15, -0.1) is 0 Å². The molecule has 1 aliphatic rings. The van der Waals surface area contributed by atoms with E-state index < -0.39 is 5.63 Å². The second-order valence-electron chi connectivity index (χ2n) is 6.80. The van der Waals surface area contributed by atoms with E-state index in [0.717, 1.165) is 35.6 Å². The van der Waals surface area contributed by atoms with Crippen molar-refractivity contribution in [1.29, 1.82) is 0 Å². The van der Waals surface area contributed by atoms with Gasteiger partial charge in [0.05, 0.1) is 0 Å². The van der Waals surface area contributed by atoms with Gasteiger partial charge >= 0.3 is 11.3 Å². The molecule has 5 heteroatoms. The van der Waals surface area contributed by atoms with Crippen LogP contribution < -0.4 is 16.0 Å². The molecule has 0 amide bonds. The van der Waals surface area contributed by atoms with E-state index >= 15 is 0 Å². The fraction of sp³-hybridized carbons (Fsp3) is 0.182. The van der Waals surface area contributed by atoms with Gasteiger partial charge in [-0.1, -0.05) is 0 Å². The van der Waals surface area contributed by atoms with Crippen LogP contribution in [0.4, 0.5) is 0 Å². The van der Waals surface area contributed by atoms with E-state index in [0.29, 0.717) is 16.9 Å². The third-order valence-corrected chi connectivity index (χ3v) is 5.03. The maximum absolute atomic E-state index is 12.0. The highest BCUT2D eigenvalue weighted by molar-refractivity contribution is 5.82. The zero-order valence-electron chi connectivity index (χ0n) is 14.5. The standard InChI is InChI=1S/C22H16O5/c23-21-7-5-13-4-6-17(11-19(13)26-21)25-12-16-10-22(24)27-20-9-15-3-1-2-14(15)8-18(16)20/h4-11H,1-3,12H2. The normalized spacial score (nSPS) is 13.2. The van der Waals surface area contributed by atoms with E-state index in [1.54, 1.807) is 12.1 Å². The molecule has 5 rings (SSSR count). The molecule has 5 nitrogen and oxygen atoms in total. The first-order valence-electron chi connectivity index (χ1n) is 8.91. The maximum atomic E-state index is 12.0. The first-order valence-corrected chi connectivity index (χ1v) is 8.91. The van der Waals surface area contributed by atoms with Gasteiger partial charge in [0.1, 0.15) is 23.5 Å². The Kier molecular flexibility index (Phi) is 3.60. The molecule has 1 aliphatic carbocycles. The molecule has 0 saturated carbocycles. The molecule has 0 fully saturated rings. The summed E-state index contributed by atoms with van der Waals surface area (Å²) in [7, 11) is 0. The monoisotopic (exact) mass is 360 g/mol. The largest absolute Gasteiger partial charge is 0.489 e. The van der Waals surface area contributed by atoms with Crippen molar-refractivity contribution in [2.24, 2.45) is 0 Å². The minimum atomic E-state index is -0.403. The Morgan fingerprint density at radius 2 is 1.59 bits per heavy atom. The summed E-state index contributed by atoms with van der Waals surface area (Å²) in [6.07, 6.45) is 3.20. The summed E-state index contributed by atoms with van der Waals surface area (Å²) in [5.41, 5.74) is 3.63. The Bertz CT molecular complexity index is 1300. The fourth-order valence-corrected chi connectivity index (χ4v) is 3.71. The summed E-state index contributed by atoms with van der Waals surface area (Å²) >= 11 is 0. The summed E-state index contributed by atoms with van der Waals surface area (Å²) in [4.78, 5) is 23.4. The number of hydrogen-bond acceptors (Lipinski definition) is 5. The molecule has 4 aromatic rings. The molecule has 0 spiro atoms. The zero-order chi connectivity index (χ0) is 18.4. The fourth-order valence-electron chi connectivity index (χ4n) is 3.71. The molecule has 0 bridgehead atoms. The molecule has 2 aromatic carbocycles. The van der Waals surface area contributed by atoms with Crippen LogP contribution in [0.25, 0.3) is 21.9 Å². The van der Waals surface area contributed by atoms with Crippen molar-refractivity contribution >= 4 is 21.9 Å². The topological polar surface area (TPSA) is 69.7 Å². The van der Waals surface area contributed by atoms with Gasteiger partial charge in [-0.2, -0.15) is 0 Å². The minimum Gasteiger partial charge on any atom is -0.489 e. The first-order chi connectivity index (χ1) is 13.2. The van der Waals surface area contributed by atoms with Gasteiger partial charge in [0.2, 0.25) is 0 Å². The van der Waals surface area contributed by atoms with Crippen molar-refractivity contribution in [3.05, 3.63) is 86.1 Å². The van der Waals surface area contributed by atoms with Crippen LogP contribution >= 0.6 is 0 Å². The van der Waals surface area contributed by atoms with Crippen molar-refractivity contribution in [2.75, 3.05) is 0 Å². The van der Waals surface area contributed by atoms with Crippen molar-refractivity contribution < 1.29 is 13.6 Å². The minimum absolute atomic E-state index is 0.226. The summed E-state index contributed by atoms with van der Waals surface area (Å²) < 4.78 is 16.5. The van der Waals surface area contributed by atoms with Crippen molar-refractivity contribution in [3.63, 3.8) is 0 Å². The van der Waals surface area contributed by atoms with Crippen LogP contribution in [-0.4, -0.2) is 0 Å². The molecular formula is C22H16O5. The molecular weight excluding hydrogens is 344 g/mol. The number of aryl methyl sites for hydroxylation is 2. The molecule has 27 heavy (non-hydrogen) atoms. The molecule has 0 radical (unpaired) electrons. The molecule has 0 N–H and O–H groups in total. The third kappa shape index (κ3) is 2.91. The van der Waals surface area contributed by atoms with Gasteiger partial charge in [-0.3, -0.25) is 0 Å². The number of hydrogen-bond donors (Lipinski definition) is 0. The lowest BCUT2D eigenvalue weighted by atomic mass is 10.0. The van der Waals surface area contributed by atoms with Gasteiger partial charge < -0.3 is 13.6 Å². The lowest BCUT2D eigenvalue weighted by Gasteiger charge is -2.10. The summed E-state index contributed by atoms with van der Waals surface area (Å²) in [6, 6.07) is 14.0. The lowest BCUT2D eigenvalue weighted by molar-refractivity contribution is 0.306. The average Bonchev–Trinajstić information content (AvgIpc) is 3.11. The van der Waals surface area contributed by atoms with Gasteiger partial charge in [0, 0.05) is 34.5 Å². The Morgan fingerprint density at radius 3 is 2.48 bits per heavy atom. The van der Waals surface area contributed by atoms with Crippen LogP contribution in [0.3, 0.4) is 0 Å². The Labute approximate surface area is 153 Å². The molecule has 0 saturated heterocycles. The average molecular weight is 360 g/mol. The van der Waals surface area contributed by atoms with E-state index in [1.807, 2.05) is 18.2 Å². The summed E-state index contributed by atoms with van der Waals surface area (Å²) in [5, 5.41) is 1.73. The Hall–Kier alpha value is -3.34. The van der Waals surface area contributed by atoms with Crippen molar-refractivity contribution in [2.45, 2.75) is 25.9 Å². The molecule has 0 aliphatic heterocycles. The molecule has 2 heterocycles. The number of ether oxygens (including phenoxy) is 1. The number of benzene rings is 2. The maximum Gasteiger partial charge on any atom is 0.336 e. The van der Waals surface area contributed by atoms with Crippen LogP contribution in [0.5, 0.6) is 5.75 Å². The molecule has 134 valence electrons. The van der Waals surface area contributed by atoms with Gasteiger partial charge in [-0.05, 0) is 60.7 Å². The SMILES string of the molecule is O=c1ccc2ccc(OCc3cc(=O)oc4cc5c(cc34)CCC5)cc2o1. The number of rotatable bonds is 3. The quantitative estimate of drug-likeness (QED) is 0.517. The predicted molar refractivity (Wildman–Crippen MR) is 101 cm³/mol. The van der Waals surface area contributed by atoms with E-state index in [1.165, 1.54) is 23.3 Å². The third-order valence-electron chi connectivity index (χ3n) is 5.03. The zero-order valence-corrected chi connectivity index (χ0v) is 14.5. The summed E-state index contributed by atoms with van der Waals surface area (Å²) in [6.45, 7) is 0.226. The summed E-state index contributed by atoms with van der Waals surface area (Å²) in [5.74, 6) is 0.569. The lowest BCUT2D eigenvalue weighted by Crippen LogP contribution is -2.05. The van der Waals surface area contributed by atoms with Crippen molar-refractivity contribution in [1.82, 2.24) is 0 Å². The first kappa shape index (κ1) is 15.9. The van der Waals surface area contributed by atoms with Crippen LogP contribution in [0.2, 0.25) is 0 Å². The predicted octanol–water partition coefficient (Wildman–Crippen LogP) is 3.97. The van der Waals surface area contributed by atoms with E-state index in [9.17, 15) is 9.59 Å². The molecule has 0 unspecified atom stereocenters. The van der Waals surface area contributed by atoms with E-state index in [4.69, 9.17) is 13.6 Å². The van der Waals surface area contributed by atoms with Gasteiger partial charge in [0.25, 0.3) is 0 Å². The van der Waals surface area contributed by atoms with Crippen LogP contribution in [-0.2, 0) is 19.4 Å². The second kappa shape index (κ2) is 6.13. The molecule has 2 aromatic heterocycles. The smallest absolute Gasteiger partial charge is 0.336 e. The highest BCUT2D eigenvalue weighted by atomic mass is 16.5. The Morgan fingerprint density at radius 1 is 0.815 bits per heavy atom. The Balaban J connectivity index is 1.51. The van der Waals surface area contributed by atoms with Crippen LogP contribution in [0.1, 0.15) is 23.1 Å². The highest BCUT2D eigenvalue weighted by Gasteiger charge is 2.15. The molecule has 0 atom stereocenters. The van der Waals surface area contributed by atoms with E-state index in [-0.39, 0.29) is 12.2 Å². The number of fused-ring (bicyclic) bond motifs is 3. The van der Waals surface area contributed by atoms with Crippen LogP contribution in [0.15, 0.2) is 67.0 Å². The van der Waals surface area contributed by atoms with Gasteiger partial charge in [0.15, 0.2) is 0 Å². The van der Waals surface area contributed by atoms with Crippen LogP contribution in [0, 0.1) is 0 Å².